The Morgan fingerprint density at radius 3 is 2.95 bits per heavy atom. The molecule has 0 radical (unpaired) electrons. The summed E-state index contributed by atoms with van der Waals surface area (Å²) in [5.41, 5.74) is 1.32. The molecule has 1 unspecified atom stereocenters. The van der Waals surface area contributed by atoms with Crippen molar-refractivity contribution in [3.63, 3.8) is 0 Å². The quantitative estimate of drug-likeness (QED) is 0.860. The van der Waals surface area contributed by atoms with Crippen LogP contribution in [0.5, 0.6) is 0 Å². The Morgan fingerprint density at radius 2 is 2.21 bits per heavy atom. The third-order valence-electron chi connectivity index (χ3n) is 3.60. The summed E-state index contributed by atoms with van der Waals surface area (Å²) in [4.78, 5) is 15.8. The zero-order valence-electron chi connectivity index (χ0n) is 11.0. The molecule has 3 nitrogen and oxygen atoms in total. The van der Waals surface area contributed by atoms with Gasteiger partial charge in [0.15, 0.2) is 0 Å². The normalized spacial score (nSPS) is 25.6. The van der Waals surface area contributed by atoms with Crippen molar-refractivity contribution < 1.29 is 4.79 Å². The third kappa shape index (κ3) is 3.07. The van der Waals surface area contributed by atoms with Gasteiger partial charge in [0, 0.05) is 30.6 Å². The molecule has 2 atom stereocenters. The summed E-state index contributed by atoms with van der Waals surface area (Å²) in [7, 11) is 0. The lowest BCUT2D eigenvalue weighted by Gasteiger charge is -2.33. The topological polar surface area (TPSA) is 32.3 Å². The minimum Gasteiger partial charge on any atom is -0.339 e. The summed E-state index contributed by atoms with van der Waals surface area (Å²) in [6.07, 6.45) is 0.887. The minimum absolute atomic E-state index is 0. The number of nitrogens with zero attached hydrogens (tertiary/aromatic N) is 1. The average molecular weight is 299 g/mol. The van der Waals surface area contributed by atoms with Crippen LogP contribution in [0.15, 0.2) is 29.2 Å². The number of nitrogens with one attached hydrogen (secondary N) is 1. The molecule has 104 valence electrons. The fourth-order valence-corrected chi connectivity index (χ4v) is 3.94. The molecule has 2 aliphatic heterocycles. The van der Waals surface area contributed by atoms with Crippen LogP contribution in [0.4, 0.5) is 0 Å². The molecule has 1 fully saturated rings. The second-order valence-corrected chi connectivity index (χ2v) is 6.30. The van der Waals surface area contributed by atoms with Gasteiger partial charge >= 0.3 is 0 Å². The van der Waals surface area contributed by atoms with Crippen molar-refractivity contribution in [2.75, 3.05) is 19.6 Å². The first-order chi connectivity index (χ1) is 8.74. The Kier molecular flexibility index (Phi) is 4.76. The molecule has 2 heterocycles. The highest BCUT2D eigenvalue weighted by Crippen LogP contribution is 2.37. The van der Waals surface area contributed by atoms with E-state index in [2.05, 4.69) is 30.4 Å². The monoisotopic (exact) mass is 298 g/mol. The molecule has 5 heteroatoms. The maximum atomic E-state index is 12.5. The van der Waals surface area contributed by atoms with Crippen molar-refractivity contribution in [3.8, 4) is 0 Å². The number of hydrogen-bond acceptors (Lipinski definition) is 3. The van der Waals surface area contributed by atoms with Crippen LogP contribution in [-0.4, -0.2) is 41.7 Å². The number of fused-ring (bicyclic) bond motifs is 1. The van der Waals surface area contributed by atoms with E-state index in [1.165, 1.54) is 10.5 Å². The van der Waals surface area contributed by atoms with Crippen molar-refractivity contribution in [2.24, 2.45) is 0 Å². The maximum absolute atomic E-state index is 12.5. The largest absolute Gasteiger partial charge is 0.339 e. The van der Waals surface area contributed by atoms with Gasteiger partial charge in [-0.05, 0) is 25.0 Å². The van der Waals surface area contributed by atoms with Crippen LogP contribution < -0.4 is 5.32 Å². The summed E-state index contributed by atoms with van der Waals surface area (Å²) in [5, 5.41) is 3.46. The molecule has 1 aromatic rings. The van der Waals surface area contributed by atoms with Crippen LogP contribution in [0, 0.1) is 0 Å². The number of carbonyl (C=O) groups excluding carboxylic acids is 1. The minimum atomic E-state index is 0. The molecule has 0 aromatic heterocycles. The molecule has 0 bridgehead atoms. The van der Waals surface area contributed by atoms with Gasteiger partial charge in [0.2, 0.25) is 5.91 Å². The lowest BCUT2D eigenvalue weighted by Crippen LogP contribution is -2.53. The highest BCUT2D eigenvalue weighted by Gasteiger charge is 2.32. The highest BCUT2D eigenvalue weighted by atomic mass is 35.5. The smallest absolute Gasteiger partial charge is 0.236 e. The molecule has 1 aromatic carbocycles. The van der Waals surface area contributed by atoms with Crippen molar-refractivity contribution in [1.82, 2.24) is 10.2 Å². The van der Waals surface area contributed by atoms with Crippen molar-refractivity contribution >= 4 is 30.1 Å². The Hall–Kier alpha value is -0.710. The Bertz CT molecular complexity index is 444. The predicted octanol–water partition coefficient (Wildman–Crippen LogP) is 1.95. The van der Waals surface area contributed by atoms with E-state index in [9.17, 15) is 4.79 Å². The first kappa shape index (κ1) is 14.7. The fourth-order valence-electron chi connectivity index (χ4n) is 2.66. The molecule has 0 saturated carbocycles. The summed E-state index contributed by atoms with van der Waals surface area (Å²) in [6, 6.07) is 8.77. The summed E-state index contributed by atoms with van der Waals surface area (Å²) in [5.74, 6) is 0.310. The summed E-state index contributed by atoms with van der Waals surface area (Å²) < 4.78 is 0. The Balaban J connectivity index is 0.00000133. The maximum Gasteiger partial charge on any atom is 0.236 e. The molecular weight excluding hydrogens is 280 g/mol. The van der Waals surface area contributed by atoms with E-state index in [0.29, 0.717) is 11.9 Å². The van der Waals surface area contributed by atoms with Crippen LogP contribution in [0.2, 0.25) is 0 Å². The second-order valence-electron chi connectivity index (χ2n) is 5.06. The molecular formula is C14H19ClN2OS. The van der Waals surface area contributed by atoms with E-state index in [4.69, 9.17) is 0 Å². The van der Waals surface area contributed by atoms with E-state index in [0.717, 1.165) is 26.1 Å². The number of thioether (sulfide) groups is 1. The molecule has 1 saturated heterocycles. The van der Waals surface area contributed by atoms with Crippen LogP contribution in [0.25, 0.3) is 0 Å². The lowest BCUT2D eigenvalue weighted by molar-refractivity contribution is -0.131. The zero-order chi connectivity index (χ0) is 12.5. The standard InChI is InChI=1S/C14H18N2OS.ClH/c1-10-9-16(7-6-15-10)14(17)13-8-11-4-2-3-5-12(11)18-13;/h2-5,10,13,15H,6-9H2,1H3;1H/t10-,13?;/m0./s1. The van der Waals surface area contributed by atoms with Crippen LogP contribution >= 0.6 is 24.2 Å². The summed E-state index contributed by atoms with van der Waals surface area (Å²) in [6.45, 7) is 4.73. The van der Waals surface area contributed by atoms with Gasteiger partial charge in [-0.2, -0.15) is 0 Å². The van der Waals surface area contributed by atoms with Gasteiger partial charge in [0.05, 0.1) is 5.25 Å². The van der Waals surface area contributed by atoms with Crippen molar-refractivity contribution in [1.29, 1.82) is 0 Å². The number of benzene rings is 1. The van der Waals surface area contributed by atoms with Crippen molar-refractivity contribution in [3.05, 3.63) is 29.8 Å². The second kappa shape index (κ2) is 6.16. The van der Waals surface area contributed by atoms with Gasteiger partial charge in [-0.1, -0.05) is 18.2 Å². The van der Waals surface area contributed by atoms with E-state index in [-0.39, 0.29) is 17.7 Å². The molecule has 0 aliphatic carbocycles. The first-order valence-corrected chi connectivity index (χ1v) is 7.39. The van der Waals surface area contributed by atoms with E-state index >= 15 is 0 Å². The van der Waals surface area contributed by atoms with E-state index in [1.807, 2.05) is 11.0 Å². The Labute approximate surface area is 124 Å². The van der Waals surface area contributed by atoms with Crippen LogP contribution in [-0.2, 0) is 11.2 Å². The van der Waals surface area contributed by atoms with Crippen molar-refractivity contribution in [2.45, 2.75) is 29.5 Å². The molecule has 1 amide bonds. The average Bonchev–Trinajstić information content (AvgIpc) is 2.81. The molecule has 1 N–H and O–H groups in total. The molecule has 3 rings (SSSR count). The van der Waals surface area contributed by atoms with Gasteiger partial charge in [-0.25, -0.2) is 0 Å². The van der Waals surface area contributed by atoms with Gasteiger partial charge in [0.25, 0.3) is 0 Å². The van der Waals surface area contributed by atoms with Crippen LogP contribution in [0.1, 0.15) is 12.5 Å². The van der Waals surface area contributed by atoms with E-state index < -0.39 is 0 Å². The lowest BCUT2D eigenvalue weighted by atomic mass is 10.1. The number of piperazine rings is 1. The molecule has 19 heavy (non-hydrogen) atoms. The molecule has 0 spiro atoms. The highest BCUT2D eigenvalue weighted by molar-refractivity contribution is 8.01. The van der Waals surface area contributed by atoms with E-state index in [1.54, 1.807) is 11.8 Å². The summed E-state index contributed by atoms with van der Waals surface area (Å²) >= 11 is 1.73. The number of amides is 1. The third-order valence-corrected chi connectivity index (χ3v) is 4.91. The molecule has 2 aliphatic rings. The Morgan fingerprint density at radius 1 is 1.42 bits per heavy atom. The number of hydrogen-bond donors (Lipinski definition) is 1. The SMILES string of the molecule is C[C@H]1CN(C(=O)C2Cc3ccccc3S2)CCN1.Cl. The first-order valence-electron chi connectivity index (χ1n) is 6.51. The number of carbonyl (C=O) groups is 1. The van der Waals surface area contributed by atoms with Crippen LogP contribution in [0.3, 0.4) is 0 Å². The van der Waals surface area contributed by atoms with Gasteiger partial charge < -0.3 is 10.2 Å². The number of halogens is 1. The number of rotatable bonds is 1. The van der Waals surface area contributed by atoms with Gasteiger partial charge in [-0.15, -0.1) is 24.2 Å². The zero-order valence-corrected chi connectivity index (χ0v) is 12.6. The fraction of sp³-hybridized carbons (Fsp3) is 0.500. The van der Waals surface area contributed by atoms with Gasteiger partial charge in [0.1, 0.15) is 0 Å². The predicted molar refractivity (Wildman–Crippen MR) is 81.1 cm³/mol. The van der Waals surface area contributed by atoms with Gasteiger partial charge in [-0.3, -0.25) is 4.79 Å².